The Morgan fingerprint density at radius 1 is 0.974 bits per heavy atom. The van der Waals surface area contributed by atoms with Gasteiger partial charge < -0.3 is 16.4 Å². The van der Waals surface area contributed by atoms with Gasteiger partial charge in [0.25, 0.3) is 11.8 Å². The molecule has 4 N–H and O–H groups in total. The molecule has 0 radical (unpaired) electrons. The first-order valence-electron chi connectivity index (χ1n) is 12.6. The number of anilines is 2. The Kier molecular flexibility index (Phi) is 7.89. The first kappa shape index (κ1) is 27.3. The van der Waals surface area contributed by atoms with Gasteiger partial charge in [-0.3, -0.25) is 9.59 Å². The van der Waals surface area contributed by atoms with Crippen molar-refractivity contribution < 1.29 is 18.0 Å². The minimum absolute atomic E-state index is 0.0186. The smallest absolute Gasteiger partial charge is 0.255 e. The van der Waals surface area contributed by atoms with Crippen LogP contribution in [0.15, 0.2) is 77.7 Å². The molecule has 9 heteroatoms. The number of sulfonamides is 1. The zero-order chi connectivity index (χ0) is 27.5. The molecular formula is C29H34N4O4S. The maximum atomic E-state index is 13.1. The summed E-state index contributed by atoms with van der Waals surface area (Å²) < 4.78 is 27.7. The minimum Gasteiger partial charge on any atom is -0.380 e. The van der Waals surface area contributed by atoms with Gasteiger partial charge in [0, 0.05) is 36.1 Å². The zero-order valence-electron chi connectivity index (χ0n) is 21.9. The van der Waals surface area contributed by atoms with Gasteiger partial charge in [-0.05, 0) is 66.3 Å². The molecule has 3 aromatic carbocycles. The maximum absolute atomic E-state index is 13.1. The van der Waals surface area contributed by atoms with Crippen LogP contribution in [0.25, 0.3) is 0 Å². The normalized spacial score (nSPS) is 16.6. The van der Waals surface area contributed by atoms with E-state index in [2.05, 4.69) is 31.4 Å². The summed E-state index contributed by atoms with van der Waals surface area (Å²) in [5.41, 5.74) is 8.44. The van der Waals surface area contributed by atoms with Crippen molar-refractivity contribution in [2.45, 2.75) is 50.0 Å². The monoisotopic (exact) mass is 534 g/mol. The van der Waals surface area contributed by atoms with E-state index in [0.29, 0.717) is 29.9 Å². The topological polar surface area (TPSA) is 122 Å². The summed E-state index contributed by atoms with van der Waals surface area (Å²) >= 11 is 0. The van der Waals surface area contributed by atoms with Crippen LogP contribution in [0.4, 0.5) is 11.4 Å². The Hall–Kier alpha value is -3.69. The second kappa shape index (κ2) is 11.0. The molecule has 1 unspecified atom stereocenters. The first-order valence-corrected chi connectivity index (χ1v) is 14.1. The second-order valence-corrected chi connectivity index (χ2v) is 12.5. The van der Waals surface area contributed by atoms with Gasteiger partial charge in [-0.1, -0.05) is 51.1 Å². The number of hydrogen-bond donors (Lipinski definition) is 3. The van der Waals surface area contributed by atoms with Crippen molar-refractivity contribution in [3.8, 4) is 0 Å². The van der Waals surface area contributed by atoms with Crippen molar-refractivity contribution in [3.63, 3.8) is 0 Å². The van der Waals surface area contributed by atoms with Crippen LogP contribution in [-0.2, 0) is 15.4 Å². The molecule has 0 aromatic heterocycles. The number of carbonyl (C=O) groups is 2. The van der Waals surface area contributed by atoms with Crippen molar-refractivity contribution in [2.24, 2.45) is 5.73 Å². The van der Waals surface area contributed by atoms with Crippen molar-refractivity contribution in [3.05, 3.63) is 89.5 Å². The van der Waals surface area contributed by atoms with E-state index in [4.69, 9.17) is 5.73 Å². The number of primary amides is 1. The molecule has 1 aliphatic rings. The maximum Gasteiger partial charge on any atom is 0.255 e. The predicted molar refractivity (Wildman–Crippen MR) is 150 cm³/mol. The largest absolute Gasteiger partial charge is 0.380 e. The molecule has 8 nitrogen and oxygen atoms in total. The summed E-state index contributed by atoms with van der Waals surface area (Å²) in [7, 11) is -3.64. The van der Waals surface area contributed by atoms with Crippen molar-refractivity contribution >= 4 is 33.2 Å². The van der Waals surface area contributed by atoms with E-state index in [-0.39, 0.29) is 34.4 Å². The third-order valence-corrected chi connectivity index (χ3v) is 8.56. The van der Waals surface area contributed by atoms with Crippen LogP contribution in [0.2, 0.25) is 0 Å². The highest BCUT2D eigenvalue weighted by Crippen LogP contribution is 2.27. The number of benzene rings is 3. The lowest BCUT2D eigenvalue weighted by Crippen LogP contribution is -2.45. The molecule has 0 spiro atoms. The number of carbonyl (C=O) groups excluding carboxylic acids is 2. The van der Waals surface area contributed by atoms with Gasteiger partial charge in [-0.2, -0.15) is 4.31 Å². The molecule has 0 saturated carbocycles. The van der Waals surface area contributed by atoms with Gasteiger partial charge in [-0.25, -0.2) is 8.42 Å². The average molecular weight is 535 g/mol. The minimum atomic E-state index is -3.64. The molecule has 0 aliphatic carbocycles. The Bertz CT molecular complexity index is 1420. The van der Waals surface area contributed by atoms with Gasteiger partial charge in [-0.15, -0.1) is 0 Å². The fraction of sp³-hybridized carbons (Fsp3) is 0.310. The van der Waals surface area contributed by atoms with Crippen molar-refractivity contribution in [2.75, 3.05) is 23.7 Å². The van der Waals surface area contributed by atoms with Crippen molar-refractivity contribution in [1.82, 2.24) is 4.31 Å². The molecule has 1 atom stereocenters. The molecule has 1 saturated heterocycles. The van der Waals surface area contributed by atoms with Crippen LogP contribution in [0.3, 0.4) is 0 Å². The Morgan fingerprint density at radius 3 is 2.29 bits per heavy atom. The van der Waals surface area contributed by atoms with E-state index in [0.717, 1.165) is 12.0 Å². The van der Waals surface area contributed by atoms with Crippen LogP contribution in [0.1, 0.15) is 59.9 Å². The van der Waals surface area contributed by atoms with Crippen LogP contribution in [0.5, 0.6) is 0 Å². The van der Waals surface area contributed by atoms with E-state index in [9.17, 15) is 18.0 Å². The molecular weight excluding hydrogens is 500 g/mol. The summed E-state index contributed by atoms with van der Waals surface area (Å²) in [4.78, 5) is 25.3. The second-order valence-electron chi connectivity index (χ2n) is 10.6. The molecule has 4 rings (SSSR count). The van der Waals surface area contributed by atoms with E-state index in [1.165, 1.54) is 4.31 Å². The molecule has 200 valence electrons. The molecule has 1 heterocycles. The van der Waals surface area contributed by atoms with E-state index < -0.39 is 15.9 Å². The summed E-state index contributed by atoms with van der Waals surface area (Å²) in [5, 5.41) is 6.18. The van der Waals surface area contributed by atoms with E-state index in [1.54, 1.807) is 60.7 Å². The van der Waals surface area contributed by atoms with Gasteiger partial charge in [0.05, 0.1) is 10.5 Å². The van der Waals surface area contributed by atoms with Crippen LogP contribution >= 0.6 is 0 Å². The number of nitrogens with two attached hydrogens (primary N) is 1. The molecule has 1 aliphatic heterocycles. The fourth-order valence-corrected chi connectivity index (χ4v) is 6.07. The zero-order valence-corrected chi connectivity index (χ0v) is 22.7. The number of amides is 2. The first-order chi connectivity index (χ1) is 17.9. The molecule has 0 bridgehead atoms. The third-order valence-electron chi connectivity index (χ3n) is 6.68. The van der Waals surface area contributed by atoms with Gasteiger partial charge in [0.2, 0.25) is 10.0 Å². The lowest BCUT2D eigenvalue weighted by atomic mass is 9.87. The Balaban J connectivity index is 1.51. The highest BCUT2D eigenvalue weighted by Gasteiger charge is 2.30. The van der Waals surface area contributed by atoms with Crippen LogP contribution < -0.4 is 16.4 Å². The quantitative estimate of drug-likeness (QED) is 0.409. The van der Waals surface area contributed by atoms with Gasteiger partial charge >= 0.3 is 0 Å². The summed E-state index contributed by atoms with van der Waals surface area (Å²) in [5.74, 6) is -0.895. The summed E-state index contributed by atoms with van der Waals surface area (Å²) in [6.07, 6.45) is 1.38. The molecule has 3 aromatic rings. The van der Waals surface area contributed by atoms with Crippen LogP contribution in [0, 0.1) is 0 Å². The Morgan fingerprint density at radius 2 is 1.66 bits per heavy atom. The average Bonchev–Trinajstić information content (AvgIpc) is 2.89. The lowest BCUT2D eigenvalue weighted by molar-refractivity contribution is 0.0998. The lowest BCUT2D eigenvalue weighted by Gasteiger charge is -2.33. The standard InChI is InChI=1S/C29H34N4O4S/c1-29(2,3)21-13-11-20(12-14-21)28(35)32-22-15-16-25(27(30)34)26(18-22)31-23-8-7-17-33(19-23)38(36,37)24-9-5-4-6-10-24/h4-6,9-16,18,23,31H,7-8,17,19H2,1-3H3,(H2,30,34)(H,32,35). The number of hydrogen-bond acceptors (Lipinski definition) is 5. The van der Waals surface area contributed by atoms with Crippen LogP contribution in [-0.4, -0.2) is 43.7 Å². The SMILES string of the molecule is CC(C)(C)c1ccc(C(=O)Nc2ccc(C(N)=O)c(NC3CCCN(S(=O)(=O)c4ccccc4)C3)c2)cc1. The Labute approximate surface area is 224 Å². The van der Waals surface area contributed by atoms with Crippen molar-refractivity contribution in [1.29, 1.82) is 0 Å². The number of nitrogens with zero attached hydrogens (tertiary/aromatic N) is 1. The van der Waals surface area contributed by atoms with Gasteiger partial charge in [0.1, 0.15) is 0 Å². The summed E-state index contributed by atoms with van der Waals surface area (Å²) in [6, 6.07) is 20.4. The number of piperidine rings is 1. The number of rotatable bonds is 7. The third kappa shape index (κ3) is 6.23. The highest BCUT2D eigenvalue weighted by atomic mass is 32.2. The van der Waals surface area contributed by atoms with E-state index in [1.807, 2.05) is 12.1 Å². The summed E-state index contributed by atoms with van der Waals surface area (Å²) in [6.45, 7) is 6.99. The molecule has 38 heavy (non-hydrogen) atoms. The fourth-order valence-electron chi connectivity index (χ4n) is 4.52. The van der Waals surface area contributed by atoms with Gasteiger partial charge in [0.15, 0.2) is 0 Å². The number of nitrogens with one attached hydrogen (secondary N) is 2. The molecule has 2 amide bonds. The highest BCUT2D eigenvalue weighted by molar-refractivity contribution is 7.89. The van der Waals surface area contributed by atoms with E-state index >= 15 is 0 Å². The predicted octanol–water partition coefficient (Wildman–Crippen LogP) is 4.60. The molecule has 1 fully saturated rings.